The Kier molecular flexibility index (Phi) is 7.12. The predicted molar refractivity (Wildman–Crippen MR) is 139 cm³/mol. The lowest BCUT2D eigenvalue weighted by Crippen LogP contribution is -2.49. The van der Waals surface area contributed by atoms with Crippen LogP contribution < -0.4 is 10.1 Å². The van der Waals surface area contributed by atoms with Gasteiger partial charge in [-0.15, -0.1) is 0 Å². The van der Waals surface area contributed by atoms with Crippen LogP contribution in [-0.4, -0.2) is 77.6 Å². The first-order valence-corrected chi connectivity index (χ1v) is 13.0. The molecule has 0 spiro atoms. The number of carbonyl (C=O) groups is 3. The molecular weight excluding hydrogens is 470 g/mol. The Bertz CT molecular complexity index is 1290. The van der Waals surface area contributed by atoms with E-state index < -0.39 is 5.41 Å². The number of nitrogens with zero attached hydrogens (tertiary/aromatic N) is 3. The molecule has 9 heteroatoms. The number of benzene rings is 2. The highest BCUT2D eigenvalue weighted by Crippen LogP contribution is 2.38. The van der Waals surface area contributed by atoms with Gasteiger partial charge in [-0.05, 0) is 43.9 Å². The van der Waals surface area contributed by atoms with Crippen molar-refractivity contribution in [2.24, 2.45) is 5.41 Å². The van der Waals surface area contributed by atoms with Crippen LogP contribution in [0.1, 0.15) is 53.0 Å². The van der Waals surface area contributed by atoms with Gasteiger partial charge in [0.2, 0.25) is 5.91 Å². The van der Waals surface area contributed by atoms with E-state index >= 15 is 0 Å². The van der Waals surface area contributed by atoms with Crippen molar-refractivity contribution in [3.8, 4) is 5.75 Å². The first kappa shape index (κ1) is 24.8. The maximum atomic E-state index is 13.6. The van der Waals surface area contributed by atoms with Crippen LogP contribution in [0.4, 0.5) is 0 Å². The summed E-state index contributed by atoms with van der Waals surface area (Å²) in [4.78, 5) is 43.5. The van der Waals surface area contributed by atoms with Gasteiger partial charge in [-0.3, -0.25) is 19.5 Å². The van der Waals surface area contributed by atoms with Crippen molar-refractivity contribution >= 4 is 28.6 Å². The number of rotatable bonds is 2. The summed E-state index contributed by atoms with van der Waals surface area (Å²) < 4.78 is 6.07. The van der Waals surface area contributed by atoms with Gasteiger partial charge in [-0.2, -0.15) is 5.10 Å². The van der Waals surface area contributed by atoms with Gasteiger partial charge in [0.1, 0.15) is 12.4 Å². The quantitative estimate of drug-likeness (QED) is 0.558. The van der Waals surface area contributed by atoms with Crippen molar-refractivity contribution in [3.05, 3.63) is 59.8 Å². The topological polar surface area (TPSA) is 108 Å². The normalized spacial score (nSPS) is 18.5. The van der Waals surface area contributed by atoms with Crippen molar-refractivity contribution < 1.29 is 19.1 Å². The molecule has 3 aliphatic rings. The van der Waals surface area contributed by atoms with Crippen LogP contribution in [0.15, 0.2) is 48.5 Å². The maximum Gasteiger partial charge on any atom is 0.275 e. The van der Waals surface area contributed by atoms with E-state index in [1.54, 1.807) is 24.1 Å². The van der Waals surface area contributed by atoms with Crippen molar-refractivity contribution in [1.82, 2.24) is 25.3 Å². The molecule has 3 amide bonds. The monoisotopic (exact) mass is 503 g/mol. The van der Waals surface area contributed by atoms with Crippen molar-refractivity contribution in [2.75, 3.05) is 39.8 Å². The number of fused-ring (bicyclic) bond motifs is 10. The van der Waals surface area contributed by atoms with Crippen LogP contribution in [0.3, 0.4) is 0 Å². The molecule has 1 saturated heterocycles. The van der Waals surface area contributed by atoms with Crippen molar-refractivity contribution in [2.45, 2.75) is 32.1 Å². The van der Waals surface area contributed by atoms with Crippen LogP contribution in [0.2, 0.25) is 0 Å². The highest BCUT2D eigenvalue weighted by molar-refractivity contribution is 6.04. The molecule has 0 saturated carbocycles. The molecule has 3 aromatic rings. The second kappa shape index (κ2) is 10.6. The number of aromatic nitrogens is 2. The number of para-hydroxylation sites is 2. The number of nitrogens with one attached hydrogen (secondary N) is 2. The standard InChI is InChI=1S/C28H33N5O4/c1-29-27(36)28-12-6-7-15-32(26(35)24-20-8-2-4-10-22(20)30-31-24)18-19-37-23-11-5-3-9-21(23)25(34)33(16-13-28)17-14-28/h2-5,8-11H,6-7,12-19H2,1H3,(H,29,36)(H,30,31). The molecule has 3 aliphatic heterocycles. The van der Waals surface area contributed by atoms with Crippen LogP contribution in [0.5, 0.6) is 5.75 Å². The summed E-state index contributed by atoms with van der Waals surface area (Å²) in [5.74, 6) is 0.279. The maximum absolute atomic E-state index is 13.6. The fraction of sp³-hybridized carbons (Fsp3) is 0.429. The van der Waals surface area contributed by atoms with E-state index in [0.29, 0.717) is 56.0 Å². The third-order valence-electron chi connectivity index (χ3n) is 7.75. The Morgan fingerprint density at radius 1 is 0.973 bits per heavy atom. The summed E-state index contributed by atoms with van der Waals surface area (Å²) in [5.41, 5.74) is 1.19. The number of hydrogen-bond acceptors (Lipinski definition) is 5. The molecule has 4 heterocycles. The fourth-order valence-corrected chi connectivity index (χ4v) is 5.56. The lowest BCUT2D eigenvalue weighted by Gasteiger charge is -2.40. The fourth-order valence-electron chi connectivity index (χ4n) is 5.56. The van der Waals surface area contributed by atoms with Gasteiger partial charge >= 0.3 is 0 Å². The Balaban J connectivity index is 1.43. The molecule has 9 nitrogen and oxygen atoms in total. The lowest BCUT2D eigenvalue weighted by molar-refractivity contribution is -0.133. The van der Waals surface area contributed by atoms with Gasteiger partial charge in [0.05, 0.1) is 23.0 Å². The van der Waals surface area contributed by atoms with Gasteiger partial charge in [0, 0.05) is 32.1 Å². The summed E-state index contributed by atoms with van der Waals surface area (Å²) in [7, 11) is 1.67. The molecule has 0 aliphatic carbocycles. The molecule has 37 heavy (non-hydrogen) atoms. The number of H-pyrrole nitrogens is 1. The minimum atomic E-state index is -0.505. The zero-order chi connectivity index (χ0) is 25.8. The largest absolute Gasteiger partial charge is 0.491 e. The molecule has 1 fully saturated rings. The van der Waals surface area contributed by atoms with Gasteiger partial charge < -0.3 is 19.9 Å². The van der Waals surface area contributed by atoms with Gasteiger partial charge in [0.15, 0.2) is 5.69 Å². The number of ether oxygens (including phenoxy) is 1. The summed E-state index contributed by atoms with van der Waals surface area (Å²) >= 11 is 0. The molecule has 6 rings (SSSR count). The van der Waals surface area contributed by atoms with Crippen molar-refractivity contribution in [1.29, 1.82) is 0 Å². The van der Waals surface area contributed by atoms with Crippen LogP contribution in [-0.2, 0) is 4.79 Å². The summed E-state index contributed by atoms with van der Waals surface area (Å²) in [6, 6.07) is 14.8. The lowest BCUT2D eigenvalue weighted by atomic mass is 9.73. The first-order chi connectivity index (χ1) is 18.0. The van der Waals surface area contributed by atoms with Crippen molar-refractivity contribution in [3.63, 3.8) is 0 Å². The van der Waals surface area contributed by atoms with Gasteiger partial charge in [-0.25, -0.2) is 0 Å². The zero-order valence-electron chi connectivity index (χ0n) is 21.2. The Hall–Kier alpha value is -3.88. The molecule has 1 aromatic heterocycles. The third-order valence-corrected chi connectivity index (χ3v) is 7.75. The minimum Gasteiger partial charge on any atom is -0.491 e. The Labute approximate surface area is 216 Å². The van der Waals surface area contributed by atoms with E-state index in [0.717, 1.165) is 30.2 Å². The molecule has 0 radical (unpaired) electrons. The highest BCUT2D eigenvalue weighted by Gasteiger charge is 2.41. The zero-order valence-corrected chi connectivity index (χ0v) is 21.2. The summed E-state index contributed by atoms with van der Waals surface area (Å²) in [6.07, 6.45) is 3.50. The predicted octanol–water partition coefficient (Wildman–Crippen LogP) is 3.24. The highest BCUT2D eigenvalue weighted by atomic mass is 16.5. The van der Waals surface area contributed by atoms with E-state index in [9.17, 15) is 14.4 Å². The van der Waals surface area contributed by atoms with Gasteiger partial charge in [-0.1, -0.05) is 36.8 Å². The minimum absolute atomic E-state index is 0.0311. The SMILES string of the molecule is CNC(=O)C12CCCCN(C(=O)c3n[nH]c4ccccc34)CCOc3ccccc3C(=O)N(CC1)CC2. The first-order valence-electron chi connectivity index (χ1n) is 13.0. The second-order valence-corrected chi connectivity index (χ2v) is 9.86. The number of hydrogen-bond donors (Lipinski definition) is 2. The molecule has 194 valence electrons. The summed E-state index contributed by atoms with van der Waals surface area (Å²) in [6.45, 7) is 2.18. The second-order valence-electron chi connectivity index (χ2n) is 9.86. The Morgan fingerprint density at radius 3 is 2.54 bits per heavy atom. The molecule has 2 aromatic carbocycles. The molecular formula is C28H33N5O4. The number of carbonyl (C=O) groups excluding carboxylic acids is 3. The van der Waals surface area contributed by atoms with Crippen LogP contribution in [0, 0.1) is 5.41 Å². The van der Waals surface area contributed by atoms with E-state index in [2.05, 4.69) is 15.5 Å². The number of aromatic amines is 1. The van der Waals surface area contributed by atoms with Crippen LogP contribution in [0.25, 0.3) is 10.9 Å². The molecule has 2 bridgehead atoms. The number of amides is 3. The average molecular weight is 504 g/mol. The Morgan fingerprint density at radius 2 is 1.73 bits per heavy atom. The van der Waals surface area contributed by atoms with E-state index in [-0.39, 0.29) is 24.3 Å². The summed E-state index contributed by atoms with van der Waals surface area (Å²) in [5, 5.41) is 10.9. The van der Waals surface area contributed by atoms with E-state index in [1.165, 1.54) is 0 Å². The number of piperidine rings is 1. The van der Waals surface area contributed by atoms with Crippen LogP contribution >= 0.6 is 0 Å². The molecule has 2 N–H and O–H groups in total. The molecule has 0 atom stereocenters. The molecule has 0 unspecified atom stereocenters. The third kappa shape index (κ3) is 4.90. The average Bonchev–Trinajstić information content (AvgIpc) is 3.37. The van der Waals surface area contributed by atoms with E-state index in [4.69, 9.17) is 4.74 Å². The van der Waals surface area contributed by atoms with E-state index in [1.807, 2.05) is 41.3 Å². The van der Waals surface area contributed by atoms with Gasteiger partial charge in [0.25, 0.3) is 11.8 Å². The smallest absolute Gasteiger partial charge is 0.275 e.